The fraction of sp³-hybridized carbons (Fsp3) is 0.826. The van der Waals surface area contributed by atoms with Crippen LogP contribution in [0.4, 0.5) is 0 Å². The van der Waals surface area contributed by atoms with Crippen LogP contribution in [0.5, 0.6) is 0 Å². The Labute approximate surface area is 170 Å². The number of aromatic nitrogens is 2. The molecule has 2 aliphatic heterocycles. The first-order valence-corrected chi connectivity index (χ1v) is 11.6. The molecule has 0 aromatic carbocycles. The molecule has 28 heavy (non-hydrogen) atoms. The zero-order valence-electron chi connectivity index (χ0n) is 17.7. The summed E-state index contributed by atoms with van der Waals surface area (Å²) in [7, 11) is 0. The first kappa shape index (κ1) is 19.9. The van der Waals surface area contributed by atoms with Crippen molar-refractivity contribution in [2.45, 2.75) is 77.7 Å². The van der Waals surface area contributed by atoms with Crippen molar-refractivity contribution in [2.75, 3.05) is 32.7 Å². The van der Waals surface area contributed by atoms with Gasteiger partial charge in [0.1, 0.15) is 5.82 Å². The van der Waals surface area contributed by atoms with Crippen LogP contribution in [0.15, 0.2) is 12.4 Å². The summed E-state index contributed by atoms with van der Waals surface area (Å²) in [6.45, 7) is 8.44. The first-order valence-electron chi connectivity index (χ1n) is 11.6. The lowest BCUT2D eigenvalue weighted by Gasteiger charge is -2.41. The normalized spacial score (nSPS) is 27.0. The smallest absolute Gasteiger partial charge is 0.224 e. The highest BCUT2D eigenvalue weighted by Gasteiger charge is 2.42. The summed E-state index contributed by atoms with van der Waals surface area (Å²) in [4.78, 5) is 21.9. The van der Waals surface area contributed by atoms with Crippen molar-refractivity contribution in [3.8, 4) is 0 Å². The number of carbonyl (C=O) groups is 1. The van der Waals surface area contributed by atoms with E-state index < -0.39 is 0 Å². The highest BCUT2D eigenvalue weighted by molar-refractivity contribution is 5.76. The summed E-state index contributed by atoms with van der Waals surface area (Å²) in [5.41, 5.74) is 0.366. The molecule has 1 saturated carbocycles. The maximum Gasteiger partial charge on any atom is 0.224 e. The van der Waals surface area contributed by atoms with E-state index in [1.807, 2.05) is 19.3 Å². The molecule has 0 radical (unpaired) electrons. The van der Waals surface area contributed by atoms with Gasteiger partial charge in [0.05, 0.1) is 0 Å². The van der Waals surface area contributed by atoms with Crippen LogP contribution in [0.1, 0.15) is 70.0 Å². The number of imidazole rings is 1. The number of nitrogens with zero attached hydrogens (tertiary/aromatic N) is 4. The SMILES string of the molecule is Cc1nccn1CCC(=O)N1CCC2(CCCN(CCC3CCCCC3)C2)C1. The van der Waals surface area contributed by atoms with Gasteiger partial charge in [0, 0.05) is 50.4 Å². The van der Waals surface area contributed by atoms with Gasteiger partial charge in [-0.2, -0.15) is 0 Å². The van der Waals surface area contributed by atoms with Crippen LogP contribution in [0.25, 0.3) is 0 Å². The zero-order valence-corrected chi connectivity index (χ0v) is 17.7. The lowest BCUT2D eigenvalue weighted by atomic mass is 9.79. The third-order valence-corrected chi connectivity index (χ3v) is 7.60. The van der Waals surface area contributed by atoms with Crippen molar-refractivity contribution in [3.05, 3.63) is 18.2 Å². The van der Waals surface area contributed by atoms with Crippen LogP contribution < -0.4 is 0 Å². The lowest BCUT2D eigenvalue weighted by molar-refractivity contribution is -0.131. The second-order valence-corrected chi connectivity index (χ2v) is 9.66. The van der Waals surface area contributed by atoms with Gasteiger partial charge in [-0.15, -0.1) is 0 Å². The topological polar surface area (TPSA) is 41.4 Å². The molecule has 4 rings (SSSR count). The quantitative estimate of drug-likeness (QED) is 0.745. The van der Waals surface area contributed by atoms with E-state index in [2.05, 4.69) is 19.4 Å². The number of hydrogen-bond acceptors (Lipinski definition) is 3. The molecular formula is C23H38N4O. The molecule has 156 valence electrons. The molecule has 3 heterocycles. The van der Waals surface area contributed by atoms with Crippen LogP contribution in [-0.2, 0) is 11.3 Å². The number of carbonyl (C=O) groups excluding carboxylic acids is 1. The van der Waals surface area contributed by atoms with Crippen LogP contribution in [0, 0.1) is 18.3 Å². The van der Waals surface area contributed by atoms with Gasteiger partial charge < -0.3 is 14.4 Å². The summed E-state index contributed by atoms with van der Waals surface area (Å²) < 4.78 is 2.08. The standard InChI is InChI=1S/C23H38N4O/c1-20-24-12-17-26(20)15-9-22(28)27-16-11-23(19-27)10-5-13-25(18-23)14-8-21-6-3-2-4-7-21/h12,17,21H,2-11,13-16,18-19H2,1H3. The second-order valence-electron chi connectivity index (χ2n) is 9.66. The molecule has 5 heteroatoms. The Kier molecular flexibility index (Phi) is 6.39. The Morgan fingerprint density at radius 1 is 1.11 bits per heavy atom. The van der Waals surface area contributed by atoms with Crippen LogP contribution >= 0.6 is 0 Å². The molecule has 1 spiro atoms. The summed E-state index contributed by atoms with van der Waals surface area (Å²) in [5.74, 6) is 2.29. The fourth-order valence-electron chi connectivity index (χ4n) is 5.84. The Bertz CT molecular complexity index is 651. The fourth-order valence-corrected chi connectivity index (χ4v) is 5.84. The largest absolute Gasteiger partial charge is 0.342 e. The highest BCUT2D eigenvalue weighted by atomic mass is 16.2. The molecule has 3 aliphatic rings. The summed E-state index contributed by atoms with van der Waals surface area (Å²) in [5, 5.41) is 0. The number of hydrogen-bond donors (Lipinski definition) is 0. The molecular weight excluding hydrogens is 348 g/mol. The lowest BCUT2D eigenvalue weighted by Crippen LogP contribution is -2.46. The molecule has 2 saturated heterocycles. The average Bonchev–Trinajstić information content (AvgIpc) is 3.32. The number of piperidine rings is 1. The predicted octanol–water partition coefficient (Wildman–Crippen LogP) is 3.87. The van der Waals surface area contributed by atoms with Gasteiger partial charge in [-0.05, 0) is 51.6 Å². The molecule has 1 aromatic rings. The Morgan fingerprint density at radius 2 is 1.96 bits per heavy atom. The van der Waals surface area contributed by atoms with E-state index in [0.717, 1.165) is 31.4 Å². The van der Waals surface area contributed by atoms with Gasteiger partial charge in [0.2, 0.25) is 5.91 Å². The average molecular weight is 387 g/mol. The third kappa shape index (κ3) is 4.79. The molecule has 1 aromatic heterocycles. The van der Waals surface area contributed by atoms with Crippen LogP contribution in [-0.4, -0.2) is 58.0 Å². The molecule has 0 N–H and O–H groups in total. The Morgan fingerprint density at radius 3 is 2.75 bits per heavy atom. The van der Waals surface area contributed by atoms with Gasteiger partial charge >= 0.3 is 0 Å². The zero-order chi connectivity index (χ0) is 19.4. The first-order chi connectivity index (χ1) is 13.6. The summed E-state index contributed by atoms with van der Waals surface area (Å²) in [6, 6.07) is 0. The van der Waals surface area contributed by atoms with Crippen LogP contribution in [0.3, 0.4) is 0 Å². The van der Waals surface area contributed by atoms with Gasteiger partial charge in [-0.3, -0.25) is 4.79 Å². The van der Waals surface area contributed by atoms with Crippen molar-refractivity contribution >= 4 is 5.91 Å². The van der Waals surface area contributed by atoms with E-state index in [1.54, 1.807) is 0 Å². The van der Waals surface area contributed by atoms with E-state index in [0.29, 0.717) is 17.7 Å². The number of rotatable bonds is 6. The number of aryl methyl sites for hydroxylation is 2. The highest BCUT2D eigenvalue weighted by Crippen LogP contribution is 2.39. The second kappa shape index (κ2) is 8.98. The van der Waals surface area contributed by atoms with Crippen molar-refractivity contribution in [2.24, 2.45) is 11.3 Å². The monoisotopic (exact) mass is 386 g/mol. The molecule has 1 amide bonds. The molecule has 3 fully saturated rings. The number of amides is 1. The van der Waals surface area contributed by atoms with Crippen molar-refractivity contribution < 1.29 is 4.79 Å². The van der Waals surface area contributed by atoms with E-state index in [9.17, 15) is 4.79 Å². The summed E-state index contributed by atoms with van der Waals surface area (Å²) >= 11 is 0. The minimum atomic E-state index is 0.323. The van der Waals surface area contributed by atoms with E-state index in [4.69, 9.17) is 0 Å². The number of likely N-dealkylation sites (tertiary alicyclic amines) is 2. The molecule has 0 bridgehead atoms. The van der Waals surface area contributed by atoms with E-state index >= 15 is 0 Å². The van der Waals surface area contributed by atoms with Crippen molar-refractivity contribution in [3.63, 3.8) is 0 Å². The van der Waals surface area contributed by atoms with Gasteiger partial charge in [-0.25, -0.2) is 4.98 Å². The van der Waals surface area contributed by atoms with Gasteiger partial charge in [0.15, 0.2) is 0 Å². The van der Waals surface area contributed by atoms with Crippen LogP contribution in [0.2, 0.25) is 0 Å². The van der Waals surface area contributed by atoms with Crippen molar-refractivity contribution in [1.29, 1.82) is 0 Å². The third-order valence-electron chi connectivity index (χ3n) is 7.60. The molecule has 5 nitrogen and oxygen atoms in total. The van der Waals surface area contributed by atoms with Gasteiger partial charge in [0.25, 0.3) is 0 Å². The van der Waals surface area contributed by atoms with E-state index in [-0.39, 0.29) is 0 Å². The summed E-state index contributed by atoms with van der Waals surface area (Å²) in [6.07, 6.45) is 16.8. The minimum absolute atomic E-state index is 0.323. The molecule has 1 unspecified atom stereocenters. The van der Waals surface area contributed by atoms with Crippen molar-refractivity contribution in [1.82, 2.24) is 19.4 Å². The maximum absolute atomic E-state index is 12.8. The van der Waals surface area contributed by atoms with E-state index in [1.165, 1.54) is 77.4 Å². The Hall–Kier alpha value is -1.36. The maximum atomic E-state index is 12.8. The molecule has 1 aliphatic carbocycles. The minimum Gasteiger partial charge on any atom is -0.342 e. The van der Waals surface area contributed by atoms with Gasteiger partial charge in [-0.1, -0.05) is 32.1 Å². The Balaban J connectivity index is 1.24. The predicted molar refractivity (Wildman–Crippen MR) is 112 cm³/mol. The molecule has 1 atom stereocenters.